The molecule has 0 radical (unpaired) electrons. The molecular formula is C20H30Li2Si. The predicted octanol–water partition coefficient (Wildman–Crippen LogP) is -1.45. The van der Waals surface area contributed by atoms with Crippen LogP contribution < -0.4 is 48.1 Å². The van der Waals surface area contributed by atoms with E-state index in [9.17, 15) is 0 Å². The van der Waals surface area contributed by atoms with Crippen LogP contribution in [0.1, 0.15) is 52.7 Å². The molecule has 0 atom stereocenters. The Labute approximate surface area is 168 Å². The van der Waals surface area contributed by atoms with Crippen LogP contribution in [0.25, 0.3) is 0 Å². The minimum atomic E-state index is -1.57. The van der Waals surface area contributed by atoms with Crippen LogP contribution in [0.5, 0.6) is 0 Å². The SMILES string of the molecule is CC(C)(C)c1cc([Si](C)(C)c2c[cH-]c(C(C)(C)C)c2)c[cH-]1.[Li+].[Li+]. The van der Waals surface area contributed by atoms with E-state index in [4.69, 9.17) is 0 Å². The fourth-order valence-corrected chi connectivity index (χ4v) is 5.13. The normalized spacial score (nSPS) is 12.5. The van der Waals surface area contributed by atoms with E-state index in [1.165, 1.54) is 11.1 Å². The minimum absolute atomic E-state index is 0. The summed E-state index contributed by atoms with van der Waals surface area (Å²) in [6, 6.07) is 14.2. The zero-order chi connectivity index (χ0) is 16.1. The molecule has 0 spiro atoms. The van der Waals surface area contributed by atoms with Crippen LogP contribution in [0.15, 0.2) is 36.4 Å². The van der Waals surface area contributed by atoms with Crippen LogP contribution in [0, 0.1) is 0 Å². The second-order valence-electron chi connectivity index (χ2n) is 8.90. The van der Waals surface area contributed by atoms with Gasteiger partial charge in [-0.3, -0.25) is 0 Å². The molecule has 0 heterocycles. The van der Waals surface area contributed by atoms with Crippen molar-refractivity contribution in [2.24, 2.45) is 0 Å². The molecule has 0 aliphatic heterocycles. The van der Waals surface area contributed by atoms with Gasteiger partial charge in [0.15, 0.2) is 0 Å². The molecular weight excluding hydrogens is 282 g/mol. The van der Waals surface area contributed by atoms with E-state index in [0.717, 1.165) is 0 Å². The number of hydrogen-bond donors (Lipinski definition) is 0. The summed E-state index contributed by atoms with van der Waals surface area (Å²) in [5.74, 6) is 0. The van der Waals surface area contributed by atoms with Gasteiger partial charge in [-0.25, -0.2) is 22.5 Å². The Bertz CT molecular complexity index is 564. The average molecular weight is 312 g/mol. The van der Waals surface area contributed by atoms with Crippen LogP contribution in [-0.2, 0) is 10.8 Å². The van der Waals surface area contributed by atoms with Gasteiger partial charge in [0.05, 0.1) is 0 Å². The van der Waals surface area contributed by atoms with Gasteiger partial charge < -0.3 is 0 Å². The van der Waals surface area contributed by atoms with Gasteiger partial charge in [0.25, 0.3) is 0 Å². The molecule has 0 bridgehead atoms. The summed E-state index contributed by atoms with van der Waals surface area (Å²) in [7, 11) is -1.57. The molecule has 0 saturated heterocycles. The zero-order valence-electron chi connectivity index (χ0n) is 17.0. The quantitative estimate of drug-likeness (QED) is 0.470. The van der Waals surface area contributed by atoms with E-state index in [-0.39, 0.29) is 48.6 Å². The summed E-state index contributed by atoms with van der Waals surface area (Å²) >= 11 is 0. The molecule has 0 saturated carbocycles. The standard InChI is InChI=1S/C20H30Si.2Li/c1-19(2,3)15-9-11-17(13-15)21(7,8)18-12-10-16(14-18)20(4,5)6;;/h9-14H,1-8H3;;/q-2;2*+1. The summed E-state index contributed by atoms with van der Waals surface area (Å²) in [5, 5.41) is 3.11. The van der Waals surface area contributed by atoms with E-state index in [2.05, 4.69) is 91.0 Å². The van der Waals surface area contributed by atoms with E-state index in [0.29, 0.717) is 0 Å². The van der Waals surface area contributed by atoms with E-state index in [1.54, 1.807) is 10.4 Å². The molecule has 0 amide bonds. The van der Waals surface area contributed by atoms with Gasteiger partial charge in [-0.15, -0.1) is 0 Å². The Morgan fingerprint density at radius 3 is 1.22 bits per heavy atom. The molecule has 2 rings (SSSR count). The molecule has 0 fully saturated rings. The molecule has 2 aromatic rings. The van der Waals surface area contributed by atoms with Crippen molar-refractivity contribution < 1.29 is 37.7 Å². The van der Waals surface area contributed by atoms with Gasteiger partial charge >= 0.3 is 37.7 Å². The van der Waals surface area contributed by atoms with Gasteiger partial charge in [-0.1, -0.05) is 54.6 Å². The molecule has 0 aliphatic rings. The molecule has 0 aromatic heterocycles. The van der Waals surface area contributed by atoms with Crippen molar-refractivity contribution >= 4 is 18.4 Å². The molecule has 2 aromatic carbocycles. The van der Waals surface area contributed by atoms with Crippen molar-refractivity contribution in [3.05, 3.63) is 47.5 Å². The topological polar surface area (TPSA) is 0 Å². The summed E-state index contributed by atoms with van der Waals surface area (Å²) in [6.45, 7) is 18.7. The molecule has 0 N–H and O–H groups in total. The van der Waals surface area contributed by atoms with Crippen LogP contribution in [0.3, 0.4) is 0 Å². The van der Waals surface area contributed by atoms with Gasteiger partial charge in [-0.05, 0) is 18.9 Å². The van der Waals surface area contributed by atoms with E-state index in [1.807, 2.05) is 0 Å². The average Bonchev–Trinajstić information content (AvgIpc) is 2.97. The van der Waals surface area contributed by atoms with Crippen LogP contribution >= 0.6 is 0 Å². The smallest absolute Gasteiger partial charge is 0.209 e. The monoisotopic (exact) mass is 312 g/mol. The maximum Gasteiger partial charge on any atom is 1.00 e. The first-order valence-electron chi connectivity index (χ1n) is 7.98. The minimum Gasteiger partial charge on any atom is -0.209 e. The second kappa shape index (κ2) is 7.56. The summed E-state index contributed by atoms with van der Waals surface area (Å²) in [6.07, 6.45) is 0. The number of hydrogen-bond acceptors (Lipinski definition) is 0. The van der Waals surface area contributed by atoms with E-state index >= 15 is 0 Å². The van der Waals surface area contributed by atoms with Gasteiger partial charge in [0, 0.05) is 0 Å². The van der Waals surface area contributed by atoms with Crippen LogP contribution in [-0.4, -0.2) is 8.07 Å². The van der Waals surface area contributed by atoms with Gasteiger partial charge in [0.1, 0.15) is 0 Å². The first-order chi connectivity index (χ1) is 9.42. The molecule has 0 aliphatic carbocycles. The third kappa shape index (κ3) is 5.04. The molecule has 116 valence electrons. The predicted molar refractivity (Wildman–Crippen MR) is 98.2 cm³/mol. The van der Waals surface area contributed by atoms with Crippen molar-refractivity contribution in [2.75, 3.05) is 0 Å². The maximum absolute atomic E-state index is 2.47. The fourth-order valence-electron chi connectivity index (χ4n) is 2.76. The van der Waals surface area contributed by atoms with Crippen molar-refractivity contribution in [3.8, 4) is 0 Å². The Morgan fingerprint density at radius 1 is 0.696 bits per heavy atom. The molecule has 3 heteroatoms. The van der Waals surface area contributed by atoms with E-state index < -0.39 is 8.07 Å². The van der Waals surface area contributed by atoms with Crippen molar-refractivity contribution in [1.29, 1.82) is 0 Å². The largest absolute Gasteiger partial charge is 1.00 e. The van der Waals surface area contributed by atoms with Gasteiger partial charge in [0.2, 0.25) is 0 Å². The molecule has 23 heavy (non-hydrogen) atoms. The summed E-state index contributed by atoms with van der Waals surface area (Å²) < 4.78 is 0. The second-order valence-corrected chi connectivity index (χ2v) is 13.3. The summed E-state index contributed by atoms with van der Waals surface area (Å²) in [5.41, 5.74) is 3.40. The Balaban J connectivity index is 0.00000242. The summed E-state index contributed by atoms with van der Waals surface area (Å²) in [4.78, 5) is 0. The molecule has 0 nitrogen and oxygen atoms in total. The maximum atomic E-state index is 2.47. The van der Waals surface area contributed by atoms with Crippen molar-refractivity contribution in [1.82, 2.24) is 0 Å². The third-order valence-electron chi connectivity index (χ3n) is 4.68. The fraction of sp³-hybridized carbons (Fsp3) is 0.500. The zero-order valence-corrected chi connectivity index (χ0v) is 18.0. The van der Waals surface area contributed by atoms with Crippen molar-refractivity contribution in [3.63, 3.8) is 0 Å². The first kappa shape index (κ1) is 23.1. The number of rotatable bonds is 2. The van der Waals surface area contributed by atoms with Crippen LogP contribution in [0.2, 0.25) is 13.1 Å². The Kier molecular flexibility index (Phi) is 7.59. The molecule has 0 unspecified atom stereocenters. The third-order valence-corrected chi connectivity index (χ3v) is 8.19. The van der Waals surface area contributed by atoms with Crippen molar-refractivity contribution in [2.45, 2.75) is 65.5 Å². The Morgan fingerprint density at radius 2 is 1.00 bits per heavy atom. The first-order valence-corrected chi connectivity index (χ1v) is 11.0. The van der Waals surface area contributed by atoms with Crippen LogP contribution in [0.4, 0.5) is 0 Å². The van der Waals surface area contributed by atoms with Gasteiger partial charge in [-0.2, -0.15) is 35.4 Å². The Hall–Kier alpha value is 0.112.